The van der Waals surface area contributed by atoms with Crippen LogP contribution in [0.25, 0.3) is 0 Å². The van der Waals surface area contributed by atoms with E-state index < -0.39 is 176 Å². The van der Waals surface area contributed by atoms with E-state index in [0.717, 1.165) is 0 Å². The molecule has 0 aromatic rings. The molecular weight excluding hydrogens is 908 g/mol. The number of fused-ring (bicyclic) bond motifs is 3. The summed E-state index contributed by atoms with van der Waals surface area (Å²) in [5, 5.41) is 168. The van der Waals surface area contributed by atoms with Gasteiger partial charge >= 0.3 is 5.97 Å². The van der Waals surface area contributed by atoms with Crippen molar-refractivity contribution >= 4 is 5.97 Å². The predicted molar refractivity (Wildman–Crippen MR) is 227 cm³/mol. The molecule has 0 radical (unpaired) electrons. The van der Waals surface area contributed by atoms with Crippen LogP contribution < -0.4 is 0 Å². The summed E-state index contributed by atoms with van der Waals surface area (Å²) in [6, 6.07) is 0. The number of carbonyl (C=O) groups is 1. The normalized spacial score (nSPS) is 44.0. The van der Waals surface area contributed by atoms with E-state index in [9.17, 15) is 81.4 Å². The molecule has 68 heavy (non-hydrogen) atoms. The van der Waals surface area contributed by atoms with Gasteiger partial charge in [0.1, 0.15) is 61.0 Å². The number of hydrogen-bond donors (Lipinski definition) is 16. The predicted octanol–water partition coefficient (Wildman–Crippen LogP) is -2.82. The SMILES string of the molecule is C=C1C[C@@]23CCC4[C@](C)(C(=O)OC(O)/C(O)=C(/O)C(O)CCO)CCC[C@@]4(C)[C@@H]2CC[C@]1(OC(O)/C(OC1OC(CO)C(O)C(O)C1O)=C(/OC1OC(CO)C(O)C(O)C1O)C(O)CCO)[C@@H]3C. The van der Waals surface area contributed by atoms with Crippen molar-refractivity contribution in [1.82, 2.24) is 0 Å². The molecule has 390 valence electrons. The molecule has 6 fully saturated rings. The Morgan fingerprint density at radius 1 is 0.691 bits per heavy atom. The van der Waals surface area contributed by atoms with E-state index in [2.05, 4.69) is 13.5 Å². The van der Waals surface area contributed by atoms with Crippen LogP contribution in [0, 0.1) is 34.0 Å². The van der Waals surface area contributed by atoms with Crippen molar-refractivity contribution in [2.24, 2.45) is 34.0 Å². The summed E-state index contributed by atoms with van der Waals surface area (Å²) in [7, 11) is 0. The molecule has 15 unspecified atom stereocenters. The lowest BCUT2D eigenvalue weighted by molar-refractivity contribution is -0.311. The maximum absolute atomic E-state index is 14.1. The van der Waals surface area contributed by atoms with Crippen molar-refractivity contribution in [3.05, 3.63) is 35.2 Å². The number of ether oxygens (including phenoxy) is 6. The number of esters is 1. The molecule has 2 bridgehead atoms. The first-order valence-corrected chi connectivity index (χ1v) is 23.3. The lowest BCUT2D eigenvalue weighted by Crippen LogP contribution is -2.62. The molecule has 6 aliphatic rings. The third kappa shape index (κ3) is 9.41. The van der Waals surface area contributed by atoms with Crippen LogP contribution in [0.3, 0.4) is 0 Å². The first-order valence-electron chi connectivity index (χ1n) is 23.3. The topological polar surface area (TPSA) is 396 Å². The maximum atomic E-state index is 14.1. The Labute approximate surface area is 392 Å². The van der Waals surface area contributed by atoms with Crippen LogP contribution in [0.1, 0.15) is 85.0 Å². The van der Waals surface area contributed by atoms with Crippen LogP contribution in [0.5, 0.6) is 0 Å². The Morgan fingerprint density at radius 3 is 1.76 bits per heavy atom. The molecule has 0 aromatic heterocycles. The second kappa shape index (κ2) is 21.1. The summed E-state index contributed by atoms with van der Waals surface area (Å²) >= 11 is 0. The summed E-state index contributed by atoms with van der Waals surface area (Å²) in [5.41, 5.74) is -3.05. The van der Waals surface area contributed by atoms with Crippen molar-refractivity contribution < 1.29 is 115 Å². The van der Waals surface area contributed by atoms with Crippen molar-refractivity contribution in [2.45, 2.75) is 177 Å². The molecule has 1 spiro atoms. The van der Waals surface area contributed by atoms with Crippen LogP contribution in [0.15, 0.2) is 35.2 Å². The molecule has 2 aliphatic heterocycles. The molecule has 21 atom stereocenters. The third-order valence-electron chi connectivity index (χ3n) is 16.4. The smallest absolute Gasteiger partial charge is 0.314 e. The highest BCUT2D eigenvalue weighted by atomic mass is 16.7. The molecule has 0 aromatic carbocycles. The highest BCUT2D eigenvalue weighted by Crippen LogP contribution is 2.75. The molecule has 16 N–H and O–H groups in total. The van der Waals surface area contributed by atoms with Crippen molar-refractivity contribution in [3.8, 4) is 0 Å². The summed E-state index contributed by atoms with van der Waals surface area (Å²) in [6.07, 6.45) is -24.2. The quantitative estimate of drug-likeness (QED) is 0.0285. The average molecular weight is 981 g/mol. The molecular formula is C45H72O23. The fraction of sp³-hybridized carbons (Fsp3) is 0.844. The van der Waals surface area contributed by atoms with Gasteiger partial charge in [0.15, 0.2) is 17.3 Å². The number of rotatable bonds is 18. The Bertz CT molecular complexity index is 1840. The van der Waals surface area contributed by atoms with Gasteiger partial charge in [-0.05, 0) is 86.0 Å². The molecule has 6 rings (SSSR count). The second-order valence-corrected chi connectivity index (χ2v) is 20.0. The largest absolute Gasteiger partial charge is 0.506 e. The first kappa shape index (κ1) is 54.5. The second-order valence-electron chi connectivity index (χ2n) is 20.0. The van der Waals surface area contributed by atoms with Gasteiger partial charge in [-0.15, -0.1) is 0 Å². The lowest BCUT2D eigenvalue weighted by atomic mass is 9.39. The molecule has 23 nitrogen and oxygen atoms in total. The fourth-order valence-corrected chi connectivity index (χ4v) is 12.8. The minimum Gasteiger partial charge on any atom is -0.506 e. The van der Waals surface area contributed by atoms with Gasteiger partial charge in [-0.3, -0.25) is 4.79 Å². The van der Waals surface area contributed by atoms with Crippen LogP contribution in [-0.2, 0) is 33.2 Å². The molecule has 2 heterocycles. The lowest BCUT2D eigenvalue weighted by Gasteiger charge is -2.65. The van der Waals surface area contributed by atoms with E-state index in [4.69, 9.17) is 33.5 Å². The van der Waals surface area contributed by atoms with Crippen molar-refractivity contribution in [3.63, 3.8) is 0 Å². The minimum absolute atomic E-state index is 0.0861. The molecule has 4 aliphatic carbocycles. The summed E-state index contributed by atoms with van der Waals surface area (Å²) in [6.45, 7) is 7.23. The highest BCUT2D eigenvalue weighted by molar-refractivity contribution is 5.77. The average Bonchev–Trinajstić information content (AvgIpc) is 3.39. The zero-order valence-corrected chi connectivity index (χ0v) is 38.4. The van der Waals surface area contributed by atoms with Gasteiger partial charge in [-0.1, -0.05) is 26.8 Å². The van der Waals surface area contributed by atoms with Crippen LogP contribution in [-0.4, -0.2) is 206 Å². The van der Waals surface area contributed by atoms with Gasteiger partial charge in [0, 0.05) is 26.1 Å². The van der Waals surface area contributed by atoms with Crippen LogP contribution >= 0.6 is 0 Å². The number of aliphatic hydroxyl groups excluding tert-OH is 16. The van der Waals surface area contributed by atoms with Gasteiger partial charge in [-0.25, -0.2) is 0 Å². The summed E-state index contributed by atoms with van der Waals surface area (Å²) in [4.78, 5) is 14.1. The highest BCUT2D eigenvalue weighted by Gasteiger charge is 2.72. The fourth-order valence-electron chi connectivity index (χ4n) is 12.8. The number of carbonyl (C=O) groups excluding carboxylic acids is 1. The van der Waals surface area contributed by atoms with Crippen LogP contribution in [0.4, 0.5) is 0 Å². The van der Waals surface area contributed by atoms with E-state index in [1.165, 1.54) is 0 Å². The Kier molecular flexibility index (Phi) is 16.9. The minimum atomic E-state index is -2.30. The van der Waals surface area contributed by atoms with Gasteiger partial charge in [0.05, 0.1) is 24.2 Å². The van der Waals surface area contributed by atoms with Crippen LogP contribution in [0.2, 0.25) is 0 Å². The van der Waals surface area contributed by atoms with E-state index in [0.29, 0.717) is 50.5 Å². The van der Waals surface area contributed by atoms with E-state index in [1.54, 1.807) is 6.92 Å². The number of aliphatic hydroxyl groups is 16. The maximum Gasteiger partial charge on any atom is 0.314 e. The number of hydrogen-bond acceptors (Lipinski definition) is 23. The van der Waals surface area contributed by atoms with Gasteiger partial charge in [0.25, 0.3) is 6.29 Å². The summed E-state index contributed by atoms with van der Waals surface area (Å²) in [5.74, 6) is -5.54. The van der Waals surface area contributed by atoms with Gasteiger partial charge in [0.2, 0.25) is 24.6 Å². The zero-order chi connectivity index (χ0) is 50.4. The summed E-state index contributed by atoms with van der Waals surface area (Å²) < 4.78 is 35.0. The first-order chi connectivity index (χ1) is 31.9. The standard InChI is InChI=1S/C45H72O23/c1-19-16-44-12-6-25-42(3,10-5-11-43(25,4)41(62)67-37(60)32(57)27(52)21(50)8-14-46)26(44)7-13-45(19,20(44)2)68-38(61)36(66-40-34(59)31(56)29(54)24(18-49)64-40)35(22(51)9-15-47)65-39-33(58)30(55)28(53)23(17-48)63-39/h20-26,28-31,33-34,37-40,46-61H,1,5-18H2,2-4H3/b32-27-,36-35-/t20-,21?,22?,23?,24?,25?,26+,28?,29?,30?,31?,33?,34?,37?,38?,39?,40?,42-,43-,44-,45-/m1/s1. The molecule has 4 saturated carbocycles. The van der Waals surface area contributed by atoms with E-state index in [-0.39, 0.29) is 24.7 Å². The van der Waals surface area contributed by atoms with Gasteiger partial charge in [-0.2, -0.15) is 0 Å². The van der Waals surface area contributed by atoms with Crippen molar-refractivity contribution in [2.75, 3.05) is 26.4 Å². The molecule has 23 heteroatoms. The molecule has 0 amide bonds. The third-order valence-corrected chi connectivity index (χ3v) is 16.4. The van der Waals surface area contributed by atoms with E-state index in [1.807, 2.05) is 6.92 Å². The van der Waals surface area contributed by atoms with Crippen molar-refractivity contribution in [1.29, 1.82) is 0 Å². The Balaban J connectivity index is 1.33. The Morgan fingerprint density at radius 2 is 1.22 bits per heavy atom. The Hall–Kier alpha value is -2.79. The van der Waals surface area contributed by atoms with Gasteiger partial charge < -0.3 is 110 Å². The monoisotopic (exact) mass is 980 g/mol. The van der Waals surface area contributed by atoms with E-state index >= 15 is 0 Å². The molecule has 2 saturated heterocycles. The zero-order valence-electron chi connectivity index (χ0n) is 38.4.